The largest absolute Gasteiger partial charge is 0.336 e. The summed E-state index contributed by atoms with van der Waals surface area (Å²) in [4.78, 5) is 14.6. The summed E-state index contributed by atoms with van der Waals surface area (Å²) in [6.45, 7) is 2.30. The Hall–Kier alpha value is -2.48. The van der Waals surface area contributed by atoms with Gasteiger partial charge < -0.3 is 4.90 Å². The second kappa shape index (κ2) is 7.26. The summed E-state index contributed by atoms with van der Waals surface area (Å²) in [5, 5.41) is 0. The molecule has 144 valence electrons. The summed E-state index contributed by atoms with van der Waals surface area (Å²) in [5.41, 5.74) is 2.09. The molecule has 0 unspecified atom stereocenters. The molecule has 0 fully saturated rings. The maximum Gasteiger partial charge on any atom is 0.246 e. The molecule has 0 N–H and O–H groups in total. The highest BCUT2D eigenvalue weighted by Crippen LogP contribution is 2.25. The Bertz CT molecular complexity index is 979. The average molecular weight is 394 g/mol. The van der Waals surface area contributed by atoms with Crippen molar-refractivity contribution in [2.24, 2.45) is 0 Å². The van der Waals surface area contributed by atoms with Crippen molar-refractivity contribution in [1.82, 2.24) is 4.90 Å². The summed E-state index contributed by atoms with van der Waals surface area (Å²) in [6.07, 6.45) is 1.61. The van der Waals surface area contributed by atoms with E-state index in [0.29, 0.717) is 19.5 Å². The molecule has 1 amide bonds. The molecule has 1 heterocycles. The molecule has 0 spiro atoms. The van der Waals surface area contributed by atoms with Gasteiger partial charge in [0.2, 0.25) is 15.9 Å². The molecule has 0 aliphatic carbocycles. The molecule has 1 aliphatic rings. The first-order valence-electron chi connectivity index (χ1n) is 8.48. The number of sulfonamides is 1. The fourth-order valence-corrected chi connectivity index (χ4v) is 4.53. The first kappa shape index (κ1) is 19.3. The highest BCUT2D eigenvalue weighted by molar-refractivity contribution is 7.92. The van der Waals surface area contributed by atoms with Crippen molar-refractivity contribution in [3.05, 3.63) is 65.2 Å². The molecule has 2 aromatic rings. The van der Waals surface area contributed by atoms with E-state index in [1.165, 1.54) is 6.92 Å². The van der Waals surface area contributed by atoms with E-state index < -0.39 is 27.7 Å². The third kappa shape index (κ3) is 3.95. The molecule has 5 nitrogen and oxygen atoms in total. The second-order valence-corrected chi connectivity index (χ2v) is 8.47. The standard InChI is InChI=1S/C19H20F2N2O3S/c1-13(19(24)22-10-9-14-5-3-4-6-15(14)12-22)23(27(2,25)26)16-7-8-17(20)18(21)11-16/h3-8,11,13H,9-10,12H2,1-2H3/t13-/m1/s1. The molecule has 1 aliphatic heterocycles. The minimum absolute atomic E-state index is 0.0883. The zero-order valence-corrected chi connectivity index (χ0v) is 15.8. The quantitative estimate of drug-likeness (QED) is 0.801. The Morgan fingerprint density at radius 1 is 1.11 bits per heavy atom. The maximum absolute atomic E-state index is 13.6. The van der Waals surface area contributed by atoms with E-state index in [1.54, 1.807) is 4.90 Å². The number of rotatable bonds is 4. The number of anilines is 1. The fourth-order valence-electron chi connectivity index (χ4n) is 3.37. The lowest BCUT2D eigenvalue weighted by Crippen LogP contribution is -2.50. The lowest BCUT2D eigenvalue weighted by molar-refractivity contribution is -0.132. The third-order valence-electron chi connectivity index (χ3n) is 4.67. The SMILES string of the molecule is C[C@H](C(=O)N1CCc2ccccc2C1)N(c1ccc(F)c(F)c1)S(C)(=O)=O. The predicted octanol–water partition coefficient (Wildman–Crippen LogP) is 2.70. The van der Waals surface area contributed by atoms with Crippen LogP contribution in [0.2, 0.25) is 0 Å². The number of hydrogen-bond acceptors (Lipinski definition) is 3. The van der Waals surface area contributed by atoms with Gasteiger partial charge in [-0.25, -0.2) is 17.2 Å². The fraction of sp³-hybridized carbons (Fsp3) is 0.316. The number of amides is 1. The van der Waals surface area contributed by atoms with E-state index in [9.17, 15) is 22.0 Å². The van der Waals surface area contributed by atoms with Crippen LogP contribution in [-0.4, -0.2) is 38.1 Å². The van der Waals surface area contributed by atoms with Crippen molar-refractivity contribution in [1.29, 1.82) is 0 Å². The van der Waals surface area contributed by atoms with E-state index in [1.807, 2.05) is 24.3 Å². The molecule has 0 saturated carbocycles. The summed E-state index contributed by atoms with van der Waals surface area (Å²) in [7, 11) is -3.89. The van der Waals surface area contributed by atoms with Gasteiger partial charge in [0.05, 0.1) is 11.9 Å². The van der Waals surface area contributed by atoms with Gasteiger partial charge in [-0.15, -0.1) is 0 Å². The van der Waals surface area contributed by atoms with Gasteiger partial charge in [0.15, 0.2) is 11.6 Å². The van der Waals surface area contributed by atoms with Crippen LogP contribution in [-0.2, 0) is 27.8 Å². The molecule has 1 atom stereocenters. The first-order chi connectivity index (χ1) is 12.7. The van der Waals surface area contributed by atoms with Gasteiger partial charge in [-0.1, -0.05) is 24.3 Å². The van der Waals surface area contributed by atoms with Gasteiger partial charge in [0.1, 0.15) is 6.04 Å². The van der Waals surface area contributed by atoms with Crippen LogP contribution in [0.4, 0.5) is 14.5 Å². The minimum Gasteiger partial charge on any atom is -0.336 e. The number of carbonyl (C=O) groups is 1. The normalized spacial score (nSPS) is 15.2. The van der Waals surface area contributed by atoms with Crippen LogP contribution in [0.3, 0.4) is 0 Å². The van der Waals surface area contributed by atoms with Gasteiger partial charge in [0, 0.05) is 19.2 Å². The molecular weight excluding hydrogens is 374 g/mol. The maximum atomic E-state index is 13.6. The number of nitrogens with zero attached hydrogens (tertiary/aromatic N) is 2. The Labute approximate surface area is 157 Å². The van der Waals surface area contributed by atoms with Gasteiger partial charge in [-0.05, 0) is 36.6 Å². The van der Waals surface area contributed by atoms with Crippen LogP contribution in [0.1, 0.15) is 18.1 Å². The molecule has 27 heavy (non-hydrogen) atoms. The van der Waals surface area contributed by atoms with Crippen molar-refractivity contribution in [3.63, 3.8) is 0 Å². The summed E-state index contributed by atoms with van der Waals surface area (Å²) in [6, 6.07) is 9.45. The molecular formula is C19H20F2N2O3S. The smallest absolute Gasteiger partial charge is 0.246 e. The summed E-state index contributed by atoms with van der Waals surface area (Å²) >= 11 is 0. The highest BCUT2D eigenvalue weighted by atomic mass is 32.2. The Morgan fingerprint density at radius 3 is 2.41 bits per heavy atom. The van der Waals surface area contributed by atoms with Crippen LogP contribution in [0.15, 0.2) is 42.5 Å². The monoisotopic (exact) mass is 394 g/mol. The summed E-state index contributed by atoms with van der Waals surface area (Å²) < 4.78 is 52.3. The van der Waals surface area contributed by atoms with Crippen LogP contribution < -0.4 is 4.31 Å². The Kier molecular flexibility index (Phi) is 5.19. The van der Waals surface area contributed by atoms with Crippen molar-refractivity contribution in [2.45, 2.75) is 25.9 Å². The molecule has 0 bridgehead atoms. The van der Waals surface area contributed by atoms with Gasteiger partial charge >= 0.3 is 0 Å². The van der Waals surface area contributed by atoms with Gasteiger partial charge in [-0.2, -0.15) is 0 Å². The topological polar surface area (TPSA) is 57.7 Å². The highest BCUT2D eigenvalue weighted by Gasteiger charge is 2.33. The zero-order valence-electron chi connectivity index (χ0n) is 15.0. The lowest BCUT2D eigenvalue weighted by Gasteiger charge is -2.35. The molecule has 3 rings (SSSR count). The van der Waals surface area contributed by atoms with Crippen molar-refractivity contribution in [2.75, 3.05) is 17.1 Å². The zero-order chi connectivity index (χ0) is 19.8. The number of carbonyl (C=O) groups excluding carboxylic acids is 1. The van der Waals surface area contributed by atoms with E-state index in [-0.39, 0.29) is 11.6 Å². The van der Waals surface area contributed by atoms with Crippen molar-refractivity contribution < 1.29 is 22.0 Å². The third-order valence-corrected chi connectivity index (χ3v) is 5.91. The summed E-state index contributed by atoms with van der Waals surface area (Å²) in [5.74, 6) is -2.65. The Morgan fingerprint density at radius 2 is 1.78 bits per heavy atom. The predicted molar refractivity (Wildman–Crippen MR) is 98.7 cm³/mol. The van der Waals surface area contributed by atoms with Gasteiger partial charge in [-0.3, -0.25) is 9.10 Å². The minimum atomic E-state index is -3.89. The van der Waals surface area contributed by atoms with E-state index in [4.69, 9.17) is 0 Å². The average Bonchev–Trinajstić information content (AvgIpc) is 2.62. The first-order valence-corrected chi connectivity index (χ1v) is 10.3. The molecule has 0 saturated heterocycles. The molecule has 0 aromatic heterocycles. The van der Waals surface area contributed by atoms with Gasteiger partial charge in [0.25, 0.3) is 0 Å². The van der Waals surface area contributed by atoms with Crippen molar-refractivity contribution in [3.8, 4) is 0 Å². The van der Waals surface area contributed by atoms with Crippen LogP contribution in [0, 0.1) is 11.6 Å². The second-order valence-electron chi connectivity index (χ2n) is 6.61. The van der Waals surface area contributed by atoms with E-state index in [2.05, 4.69) is 0 Å². The number of fused-ring (bicyclic) bond motifs is 1. The van der Waals surface area contributed by atoms with Crippen LogP contribution in [0.25, 0.3) is 0 Å². The molecule has 8 heteroatoms. The number of hydrogen-bond donors (Lipinski definition) is 0. The lowest BCUT2D eigenvalue weighted by atomic mass is 9.99. The molecule has 2 aromatic carbocycles. The van der Waals surface area contributed by atoms with E-state index in [0.717, 1.165) is 39.9 Å². The van der Waals surface area contributed by atoms with Crippen molar-refractivity contribution >= 4 is 21.6 Å². The molecule has 0 radical (unpaired) electrons. The Balaban J connectivity index is 1.89. The number of benzene rings is 2. The number of halogens is 2. The van der Waals surface area contributed by atoms with E-state index >= 15 is 0 Å². The van der Waals surface area contributed by atoms with Crippen LogP contribution in [0.5, 0.6) is 0 Å². The van der Waals surface area contributed by atoms with Crippen LogP contribution >= 0.6 is 0 Å².